The lowest BCUT2D eigenvalue weighted by Gasteiger charge is -2.49. The van der Waals surface area contributed by atoms with Gasteiger partial charge in [0, 0.05) is 37.6 Å². The maximum absolute atomic E-state index is 13.5. The van der Waals surface area contributed by atoms with Crippen LogP contribution in [-0.4, -0.2) is 45.2 Å². The van der Waals surface area contributed by atoms with Gasteiger partial charge in [-0.25, -0.2) is 0 Å². The van der Waals surface area contributed by atoms with Crippen LogP contribution in [0.4, 0.5) is 11.4 Å². The average Bonchev–Trinajstić information content (AvgIpc) is 2.88. The van der Waals surface area contributed by atoms with Crippen LogP contribution in [0.25, 0.3) is 0 Å². The standard InChI is InChI=1S/C28H31N3O2/c1-33-27-14-8-6-9-21(27)15-16-29-28(32)24-19-22-10-5-7-13-25(22)31-18-17-30(20-26(24)31)23-11-3-2-4-12-23/h2-14,24,26H,15-20H2,1H3,(H,29,32). The molecule has 1 saturated heterocycles. The van der Waals surface area contributed by atoms with Crippen molar-refractivity contribution in [2.75, 3.05) is 43.1 Å². The molecule has 170 valence electrons. The van der Waals surface area contributed by atoms with Gasteiger partial charge >= 0.3 is 0 Å². The zero-order valence-electron chi connectivity index (χ0n) is 19.1. The van der Waals surface area contributed by atoms with E-state index in [9.17, 15) is 4.79 Å². The lowest BCUT2D eigenvalue weighted by atomic mass is 9.83. The maximum Gasteiger partial charge on any atom is 0.225 e. The number of hydrogen-bond acceptors (Lipinski definition) is 4. The van der Waals surface area contributed by atoms with Crippen molar-refractivity contribution >= 4 is 17.3 Å². The molecular formula is C28H31N3O2. The highest BCUT2D eigenvalue weighted by Gasteiger charge is 2.41. The van der Waals surface area contributed by atoms with Gasteiger partial charge in [-0.05, 0) is 48.2 Å². The zero-order valence-corrected chi connectivity index (χ0v) is 19.1. The number of carbonyl (C=O) groups excluding carboxylic acids is 1. The van der Waals surface area contributed by atoms with Crippen molar-refractivity contribution in [1.29, 1.82) is 0 Å². The van der Waals surface area contributed by atoms with Crippen molar-refractivity contribution in [2.24, 2.45) is 5.92 Å². The quantitative estimate of drug-likeness (QED) is 0.630. The number of benzene rings is 3. The first-order chi connectivity index (χ1) is 16.2. The third-order valence-electron chi connectivity index (χ3n) is 6.97. The van der Waals surface area contributed by atoms with Crippen molar-refractivity contribution < 1.29 is 9.53 Å². The highest BCUT2D eigenvalue weighted by Crippen LogP contribution is 2.36. The highest BCUT2D eigenvalue weighted by atomic mass is 16.5. The molecule has 1 N–H and O–H groups in total. The van der Waals surface area contributed by atoms with E-state index in [1.165, 1.54) is 16.9 Å². The highest BCUT2D eigenvalue weighted by molar-refractivity contribution is 5.82. The second-order valence-corrected chi connectivity index (χ2v) is 8.83. The fourth-order valence-electron chi connectivity index (χ4n) is 5.29. The monoisotopic (exact) mass is 441 g/mol. The Hall–Kier alpha value is -3.47. The number of nitrogens with zero attached hydrogens (tertiary/aromatic N) is 2. The summed E-state index contributed by atoms with van der Waals surface area (Å²) >= 11 is 0. The first-order valence-electron chi connectivity index (χ1n) is 11.8. The second kappa shape index (κ2) is 9.57. The summed E-state index contributed by atoms with van der Waals surface area (Å²) in [7, 11) is 1.69. The molecule has 3 aromatic rings. The third kappa shape index (κ3) is 4.40. The molecule has 0 saturated carbocycles. The Morgan fingerprint density at radius 2 is 1.73 bits per heavy atom. The molecule has 2 aliphatic rings. The number of para-hydroxylation sites is 3. The van der Waals surface area contributed by atoms with E-state index in [1.54, 1.807) is 7.11 Å². The minimum atomic E-state index is -0.0796. The van der Waals surface area contributed by atoms with Crippen molar-refractivity contribution in [3.8, 4) is 5.75 Å². The van der Waals surface area contributed by atoms with Crippen LogP contribution in [-0.2, 0) is 17.6 Å². The van der Waals surface area contributed by atoms with E-state index in [0.29, 0.717) is 6.54 Å². The lowest BCUT2D eigenvalue weighted by Crippen LogP contribution is -2.61. The SMILES string of the molecule is COc1ccccc1CCNC(=O)C1Cc2ccccc2N2CCN(c3ccccc3)CC12. The number of nitrogens with one attached hydrogen (secondary N) is 1. The Morgan fingerprint density at radius 1 is 0.970 bits per heavy atom. The molecule has 5 nitrogen and oxygen atoms in total. The summed E-state index contributed by atoms with van der Waals surface area (Å²) in [6.07, 6.45) is 1.53. The van der Waals surface area contributed by atoms with Crippen LogP contribution in [0.1, 0.15) is 11.1 Å². The van der Waals surface area contributed by atoms with Crippen LogP contribution < -0.4 is 19.9 Å². The molecule has 3 aromatic carbocycles. The number of rotatable bonds is 6. The predicted molar refractivity (Wildman–Crippen MR) is 133 cm³/mol. The summed E-state index contributed by atoms with van der Waals surface area (Å²) in [4.78, 5) is 18.3. The van der Waals surface area contributed by atoms with Gasteiger partial charge in [-0.2, -0.15) is 0 Å². The number of anilines is 2. The van der Waals surface area contributed by atoms with E-state index < -0.39 is 0 Å². The van der Waals surface area contributed by atoms with E-state index in [-0.39, 0.29) is 17.9 Å². The minimum absolute atomic E-state index is 0.0796. The normalized spacial score (nSPS) is 19.4. The van der Waals surface area contributed by atoms with E-state index in [1.807, 2.05) is 18.2 Å². The van der Waals surface area contributed by atoms with Crippen LogP contribution >= 0.6 is 0 Å². The summed E-state index contributed by atoms with van der Waals surface area (Å²) in [6, 6.07) is 27.3. The molecule has 2 atom stereocenters. The largest absolute Gasteiger partial charge is 0.496 e. The fraction of sp³-hybridized carbons (Fsp3) is 0.321. The van der Waals surface area contributed by atoms with Crippen LogP contribution in [0.15, 0.2) is 78.9 Å². The molecule has 5 rings (SSSR count). The molecule has 33 heavy (non-hydrogen) atoms. The molecule has 2 unspecified atom stereocenters. The smallest absolute Gasteiger partial charge is 0.225 e. The molecule has 1 fully saturated rings. The fourth-order valence-corrected chi connectivity index (χ4v) is 5.29. The van der Waals surface area contributed by atoms with Crippen LogP contribution in [0.3, 0.4) is 0 Å². The summed E-state index contributed by atoms with van der Waals surface area (Å²) in [6.45, 7) is 3.33. The first kappa shape index (κ1) is 21.4. The van der Waals surface area contributed by atoms with Gasteiger partial charge in [0.15, 0.2) is 0 Å². The van der Waals surface area contributed by atoms with Crippen molar-refractivity contribution in [2.45, 2.75) is 18.9 Å². The maximum atomic E-state index is 13.5. The van der Waals surface area contributed by atoms with Crippen LogP contribution in [0, 0.1) is 5.92 Å². The van der Waals surface area contributed by atoms with Gasteiger partial charge in [0.2, 0.25) is 5.91 Å². The van der Waals surface area contributed by atoms with Gasteiger partial charge in [-0.15, -0.1) is 0 Å². The number of methoxy groups -OCH3 is 1. The summed E-state index contributed by atoms with van der Waals surface area (Å²) in [5.74, 6) is 0.934. The number of fused-ring (bicyclic) bond motifs is 3. The second-order valence-electron chi connectivity index (χ2n) is 8.83. The van der Waals surface area contributed by atoms with E-state index in [0.717, 1.165) is 43.8 Å². The zero-order chi connectivity index (χ0) is 22.6. The summed E-state index contributed by atoms with van der Waals surface area (Å²) in [5, 5.41) is 3.23. The van der Waals surface area contributed by atoms with Crippen molar-refractivity contribution in [1.82, 2.24) is 5.32 Å². The first-order valence-corrected chi connectivity index (χ1v) is 11.8. The van der Waals surface area contributed by atoms with E-state index in [2.05, 4.69) is 75.8 Å². The Kier molecular flexibility index (Phi) is 6.20. The molecule has 0 aliphatic carbocycles. The van der Waals surface area contributed by atoms with Gasteiger partial charge in [-0.1, -0.05) is 54.6 Å². The van der Waals surface area contributed by atoms with Crippen LogP contribution in [0.2, 0.25) is 0 Å². The Bertz CT molecular complexity index is 1100. The topological polar surface area (TPSA) is 44.8 Å². The number of piperazine rings is 1. The lowest BCUT2D eigenvalue weighted by molar-refractivity contribution is -0.125. The Morgan fingerprint density at radius 3 is 2.58 bits per heavy atom. The van der Waals surface area contributed by atoms with E-state index in [4.69, 9.17) is 4.74 Å². The van der Waals surface area contributed by atoms with Crippen molar-refractivity contribution in [3.05, 3.63) is 90.0 Å². The predicted octanol–water partition coefficient (Wildman–Crippen LogP) is 3.92. The minimum Gasteiger partial charge on any atom is -0.496 e. The molecule has 2 heterocycles. The Labute approximate surface area is 196 Å². The van der Waals surface area contributed by atoms with Gasteiger partial charge < -0.3 is 19.9 Å². The van der Waals surface area contributed by atoms with Gasteiger partial charge in [0.05, 0.1) is 19.1 Å². The molecular weight excluding hydrogens is 410 g/mol. The van der Waals surface area contributed by atoms with Gasteiger partial charge in [-0.3, -0.25) is 4.79 Å². The molecule has 1 amide bonds. The molecule has 0 aromatic heterocycles. The van der Waals surface area contributed by atoms with E-state index >= 15 is 0 Å². The van der Waals surface area contributed by atoms with Gasteiger partial charge in [0.25, 0.3) is 0 Å². The van der Waals surface area contributed by atoms with Crippen molar-refractivity contribution in [3.63, 3.8) is 0 Å². The summed E-state index contributed by atoms with van der Waals surface area (Å²) in [5.41, 5.74) is 4.90. The molecule has 5 heteroatoms. The van der Waals surface area contributed by atoms with Gasteiger partial charge in [0.1, 0.15) is 5.75 Å². The molecule has 0 bridgehead atoms. The average molecular weight is 442 g/mol. The number of amides is 1. The van der Waals surface area contributed by atoms with Crippen LogP contribution in [0.5, 0.6) is 5.75 Å². The molecule has 2 aliphatic heterocycles. The Balaban J connectivity index is 1.33. The third-order valence-corrected chi connectivity index (χ3v) is 6.97. The molecule has 0 spiro atoms. The number of hydrogen-bond donors (Lipinski definition) is 1. The molecule has 0 radical (unpaired) electrons. The number of carbonyl (C=O) groups is 1. The number of ether oxygens (including phenoxy) is 1. The summed E-state index contributed by atoms with van der Waals surface area (Å²) < 4.78 is 5.46.